The van der Waals surface area contributed by atoms with Crippen molar-refractivity contribution in [1.29, 1.82) is 0 Å². The molecule has 15 heavy (non-hydrogen) atoms. The van der Waals surface area contributed by atoms with Crippen molar-refractivity contribution in [2.75, 3.05) is 26.2 Å². The summed E-state index contributed by atoms with van der Waals surface area (Å²) in [6.45, 7) is 11.4. The molecule has 0 N–H and O–H groups in total. The second-order valence-corrected chi connectivity index (χ2v) is 7.18. The average Bonchev–Trinajstić information content (AvgIpc) is 2.21. The van der Waals surface area contributed by atoms with Crippen LogP contribution in [0, 0.1) is 0 Å². The number of nitrogens with zero attached hydrogens (tertiary/aromatic N) is 5. The SMILES string of the molecule is CCN(CC)[Si](Cl)(N=[N+]=[N-])N(CC)CC. The number of azide groups is 1. The van der Waals surface area contributed by atoms with E-state index in [-0.39, 0.29) is 0 Å². The zero-order chi connectivity index (χ0) is 11.9. The van der Waals surface area contributed by atoms with Crippen molar-refractivity contribution in [3.8, 4) is 0 Å². The van der Waals surface area contributed by atoms with E-state index in [0.29, 0.717) is 0 Å². The van der Waals surface area contributed by atoms with Gasteiger partial charge >= 0.3 is 7.87 Å². The largest absolute Gasteiger partial charge is 0.400 e. The van der Waals surface area contributed by atoms with Crippen molar-refractivity contribution in [3.05, 3.63) is 10.4 Å². The lowest BCUT2D eigenvalue weighted by atomic mass is 10.7. The summed E-state index contributed by atoms with van der Waals surface area (Å²) in [7, 11) is -2.66. The fourth-order valence-corrected chi connectivity index (χ4v) is 5.55. The topological polar surface area (TPSA) is 55.2 Å². The number of halogens is 1. The van der Waals surface area contributed by atoms with Crippen LogP contribution in [0.3, 0.4) is 0 Å². The number of hydrogen-bond acceptors (Lipinski definition) is 3. The minimum atomic E-state index is -2.66. The van der Waals surface area contributed by atoms with E-state index in [9.17, 15) is 0 Å². The Labute approximate surface area is 97.6 Å². The molecule has 0 saturated heterocycles. The summed E-state index contributed by atoms with van der Waals surface area (Å²) >= 11 is 6.54. The maximum absolute atomic E-state index is 8.64. The molecule has 0 aliphatic heterocycles. The zero-order valence-electron chi connectivity index (χ0n) is 9.94. The minimum absolute atomic E-state index is 0.807. The predicted octanol–water partition coefficient (Wildman–Crippen LogP) is 2.65. The fourth-order valence-electron chi connectivity index (χ4n) is 1.64. The van der Waals surface area contributed by atoms with E-state index in [1.807, 2.05) is 27.7 Å². The Kier molecular flexibility index (Phi) is 6.96. The van der Waals surface area contributed by atoms with Crippen molar-refractivity contribution in [2.45, 2.75) is 27.7 Å². The second kappa shape index (κ2) is 7.08. The van der Waals surface area contributed by atoms with Crippen molar-refractivity contribution in [2.24, 2.45) is 4.78 Å². The first-order valence-electron chi connectivity index (χ1n) is 5.35. The van der Waals surface area contributed by atoms with Crippen LogP contribution in [0.1, 0.15) is 27.7 Å². The van der Waals surface area contributed by atoms with Gasteiger partial charge in [0.25, 0.3) is 0 Å². The third-order valence-electron chi connectivity index (χ3n) is 2.50. The van der Waals surface area contributed by atoms with Gasteiger partial charge in [-0.15, -0.1) is 11.1 Å². The summed E-state index contributed by atoms with van der Waals surface area (Å²) in [5.74, 6) is 0. The van der Waals surface area contributed by atoms with Crippen molar-refractivity contribution < 1.29 is 0 Å². The molecular weight excluding hydrogens is 230 g/mol. The Morgan fingerprint density at radius 2 is 1.40 bits per heavy atom. The fraction of sp³-hybridized carbons (Fsp3) is 1.00. The van der Waals surface area contributed by atoms with Gasteiger partial charge in [-0.25, -0.2) is 0 Å². The summed E-state index contributed by atoms with van der Waals surface area (Å²) in [6, 6.07) is 0. The van der Waals surface area contributed by atoms with Gasteiger partial charge in [-0.05, 0) is 31.7 Å². The molecule has 88 valence electrons. The quantitative estimate of drug-likeness (QED) is 0.229. The van der Waals surface area contributed by atoms with Crippen LogP contribution in [0.2, 0.25) is 0 Å². The molecule has 0 unspecified atom stereocenters. The minimum Gasteiger partial charge on any atom is -0.297 e. The molecule has 5 nitrogen and oxygen atoms in total. The van der Waals surface area contributed by atoms with Gasteiger partial charge in [0.15, 0.2) is 0 Å². The van der Waals surface area contributed by atoms with Crippen LogP contribution < -0.4 is 0 Å². The lowest BCUT2D eigenvalue weighted by Gasteiger charge is -2.39. The molecule has 7 heteroatoms. The molecule has 0 aromatic heterocycles. The maximum atomic E-state index is 8.64. The van der Waals surface area contributed by atoms with E-state index in [0.717, 1.165) is 26.2 Å². The summed E-state index contributed by atoms with van der Waals surface area (Å²) in [6.07, 6.45) is 0. The smallest absolute Gasteiger partial charge is 0.297 e. The third kappa shape index (κ3) is 3.36. The Hall–Kier alpha value is -0.263. The molecule has 0 aliphatic rings. The van der Waals surface area contributed by atoms with Crippen molar-refractivity contribution in [1.82, 2.24) is 9.13 Å². The molecule has 0 aromatic rings. The highest BCUT2D eigenvalue weighted by Gasteiger charge is 2.42. The molecule has 0 aliphatic carbocycles. The van der Waals surface area contributed by atoms with E-state index in [4.69, 9.17) is 16.6 Å². The van der Waals surface area contributed by atoms with E-state index in [1.165, 1.54) is 0 Å². The first-order chi connectivity index (χ1) is 7.10. The normalized spacial score (nSPS) is 11.9. The molecule has 0 heterocycles. The van der Waals surface area contributed by atoms with Crippen molar-refractivity contribution >= 4 is 18.9 Å². The Morgan fingerprint density at radius 3 is 1.60 bits per heavy atom. The lowest BCUT2D eigenvalue weighted by Crippen LogP contribution is -2.60. The van der Waals surface area contributed by atoms with E-state index < -0.39 is 7.87 Å². The van der Waals surface area contributed by atoms with Crippen LogP contribution in [-0.2, 0) is 0 Å². The number of rotatable bonds is 7. The summed E-state index contributed by atoms with van der Waals surface area (Å²) in [5.41, 5.74) is 8.64. The molecule has 0 fully saturated rings. The standard InChI is InChI=1S/C8H20ClN5Si/c1-5-13(6-2)15(9,12-11-10)14(7-3)8-4/h5-8H2,1-4H3. The van der Waals surface area contributed by atoms with Gasteiger partial charge in [-0.3, -0.25) is 9.13 Å². The monoisotopic (exact) mass is 249 g/mol. The van der Waals surface area contributed by atoms with Crippen LogP contribution in [0.5, 0.6) is 0 Å². The van der Waals surface area contributed by atoms with Crippen molar-refractivity contribution in [3.63, 3.8) is 0 Å². The molecule has 0 saturated carbocycles. The van der Waals surface area contributed by atoms with Gasteiger partial charge < -0.3 is 0 Å². The van der Waals surface area contributed by atoms with Gasteiger partial charge in [-0.1, -0.05) is 32.5 Å². The third-order valence-corrected chi connectivity index (χ3v) is 7.38. The van der Waals surface area contributed by atoms with Gasteiger partial charge in [0.05, 0.1) is 0 Å². The second-order valence-electron chi connectivity index (χ2n) is 3.09. The van der Waals surface area contributed by atoms with Crippen LogP contribution in [0.25, 0.3) is 10.4 Å². The van der Waals surface area contributed by atoms with Crippen LogP contribution in [0.15, 0.2) is 4.78 Å². The molecule has 0 rings (SSSR count). The summed E-state index contributed by atoms with van der Waals surface area (Å²) in [4.78, 5) is 2.91. The molecule has 0 atom stereocenters. The first-order valence-corrected chi connectivity index (χ1v) is 8.21. The highest BCUT2D eigenvalue weighted by Crippen LogP contribution is 2.21. The van der Waals surface area contributed by atoms with E-state index in [2.05, 4.69) is 18.8 Å². The van der Waals surface area contributed by atoms with Crippen LogP contribution >= 0.6 is 11.1 Å². The zero-order valence-corrected chi connectivity index (χ0v) is 11.7. The van der Waals surface area contributed by atoms with Crippen LogP contribution in [0.4, 0.5) is 0 Å². The predicted molar refractivity (Wildman–Crippen MR) is 66.6 cm³/mol. The van der Waals surface area contributed by atoms with Gasteiger partial charge in [0.1, 0.15) is 0 Å². The first kappa shape index (κ1) is 14.7. The lowest BCUT2D eigenvalue weighted by molar-refractivity contribution is 0.369. The molecular formula is C8H20ClN5Si. The molecule has 0 aromatic carbocycles. The Morgan fingerprint density at radius 1 is 1.07 bits per heavy atom. The van der Waals surface area contributed by atoms with Gasteiger partial charge in [0.2, 0.25) is 0 Å². The van der Waals surface area contributed by atoms with Gasteiger partial charge in [-0.2, -0.15) is 0 Å². The van der Waals surface area contributed by atoms with Crippen LogP contribution in [-0.4, -0.2) is 43.2 Å². The molecule has 0 spiro atoms. The highest BCUT2D eigenvalue weighted by molar-refractivity contribution is 7.16. The summed E-state index contributed by atoms with van der Waals surface area (Å²) in [5, 5.41) is 0. The molecule has 0 bridgehead atoms. The van der Waals surface area contributed by atoms with Gasteiger partial charge in [0, 0.05) is 4.91 Å². The number of hydrogen-bond donors (Lipinski definition) is 0. The molecule has 0 amide bonds. The average molecular weight is 250 g/mol. The maximum Gasteiger partial charge on any atom is 0.400 e. The van der Waals surface area contributed by atoms with E-state index in [1.54, 1.807) is 0 Å². The Bertz CT molecular complexity index is 211. The van der Waals surface area contributed by atoms with E-state index >= 15 is 0 Å². The highest BCUT2D eigenvalue weighted by atomic mass is 35.6. The Balaban J connectivity index is 5.08. The molecule has 0 radical (unpaired) electrons. The summed E-state index contributed by atoms with van der Waals surface area (Å²) < 4.78 is 8.02.